The Labute approximate surface area is 124 Å². The lowest BCUT2D eigenvalue weighted by Crippen LogP contribution is -2.14. The number of benzene rings is 1. The highest BCUT2D eigenvalue weighted by Crippen LogP contribution is 2.26. The van der Waals surface area contributed by atoms with E-state index in [9.17, 15) is 13.6 Å². The minimum Gasteiger partial charge on any atom is -0.485 e. The summed E-state index contributed by atoms with van der Waals surface area (Å²) in [5.74, 6) is 0.0634. The van der Waals surface area contributed by atoms with E-state index in [1.54, 1.807) is 7.05 Å². The van der Waals surface area contributed by atoms with E-state index in [4.69, 9.17) is 10.5 Å². The maximum absolute atomic E-state index is 12.3. The third-order valence-electron chi connectivity index (χ3n) is 2.77. The minimum absolute atomic E-state index is 0.181. The lowest BCUT2D eigenvalue weighted by molar-refractivity contribution is 0.0821. The predicted molar refractivity (Wildman–Crippen MR) is 72.6 cm³/mol. The van der Waals surface area contributed by atoms with Crippen molar-refractivity contribution in [1.82, 2.24) is 20.2 Å². The summed E-state index contributed by atoms with van der Waals surface area (Å²) >= 11 is 0. The van der Waals surface area contributed by atoms with Gasteiger partial charge >= 0.3 is 0 Å². The van der Waals surface area contributed by atoms with E-state index >= 15 is 0 Å². The summed E-state index contributed by atoms with van der Waals surface area (Å²) in [4.78, 5) is 11.2. The number of rotatable bonds is 7. The Kier molecular flexibility index (Phi) is 4.81. The van der Waals surface area contributed by atoms with Gasteiger partial charge in [0.1, 0.15) is 12.4 Å². The number of amides is 1. The highest BCUT2D eigenvalue weighted by atomic mass is 19.3. The van der Waals surface area contributed by atoms with Crippen LogP contribution in [0.15, 0.2) is 18.2 Å². The molecule has 0 unspecified atom stereocenters. The van der Waals surface area contributed by atoms with E-state index in [0.717, 1.165) is 0 Å². The lowest BCUT2D eigenvalue weighted by Gasteiger charge is -2.13. The minimum atomic E-state index is -2.60. The van der Waals surface area contributed by atoms with Gasteiger partial charge in [0.25, 0.3) is 6.43 Å². The van der Waals surface area contributed by atoms with Crippen molar-refractivity contribution in [2.75, 3.05) is 11.9 Å². The van der Waals surface area contributed by atoms with Crippen molar-refractivity contribution in [3.05, 3.63) is 29.6 Å². The number of aryl methyl sites for hydroxylation is 1. The molecule has 1 aromatic heterocycles. The van der Waals surface area contributed by atoms with Gasteiger partial charge in [0.15, 0.2) is 5.82 Å². The van der Waals surface area contributed by atoms with Gasteiger partial charge in [-0.3, -0.25) is 4.79 Å². The summed E-state index contributed by atoms with van der Waals surface area (Å²) in [7, 11) is 1.66. The van der Waals surface area contributed by atoms with E-state index in [2.05, 4.69) is 20.8 Å². The lowest BCUT2D eigenvalue weighted by atomic mass is 10.1. The average molecular weight is 312 g/mol. The first-order chi connectivity index (χ1) is 10.5. The molecule has 2 aromatic rings. The Morgan fingerprint density at radius 1 is 1.50 bits per heavy atom. The van der Waals surface area contributed by atoms with Crippen LogP contribution in [0.3, 0.4) is 0 Å². The Hall–Kier alpha value is -2.78. The number of carbonyl (C=O) groups excluding carboxylic acids is 1. The monoisotopic (exact) mass is 312 g/mol. The summed E-state index contributed by atoms with van der Waals surface area (Å²) in [6, 6.07) is 4.23. The summed E-state index contributed by atoms with van der Waals surface area (Å²) in [6.07, 6.45) is -2.60. The summed E-state index contributed by atoms with van der Waals surface area (Å²) in [6.45, 7) is -0.535. The molecule has 0 aliphatic carbocycles. The Bertz CT molecular complexity index is 661. The molecule has 10 heteroatoms. The van der Waals surface area contributed by atoms with Gasteiger partial charge in [-0.05, 0) is 28.6 Å². The van der Waals surface area contributed by atoms with Crippen LogP contribution in [0.25, 0.3) is 0 Å². The molecule has 0 saturated heterocycles. The molecule has 0 atom stereocenters. The molecule has 0 bridgehead atoms. The molecular weight excluding hydrogens is 298 g/mol. The van der Waals surface area contributed by atoms with Crippen molar-refractivity contribution in [2.24, 2.45) is 12.8 Å². The molecule has 118 valence electrons. The molecule has 1 aromatic carbocycles. The molecule has 2 rings (SSSR count). The first-order valence-corrected chi connectivity index (χ1v) is 6.27. The number of ether oxygens (including phenoxy) is 1. The van der Waals surface area contributed by atoms with Gasteiger partial charge in [0.05, 0.1) is 12.2 Å². The van der Waals surface area contributed by atoms with Crippen molar-refractivity contribution >= 4 is 11.6 Å². The van der Waals surface area contributed by atoms with Gasteiger partial charge < -0.3 is 15.8 Å². The number of nitrogens with one attached hydrogen (secondary N) is 1. The molecule has 0 radical (unpaired) electrons. The third-order valence-corrected chi connectivity index (χ3v) is 2.77. The number of nitrogens with two attached hydrogens (primary N) is 1. The van der Waals surface area contributed by atoms with Crippen LogP contribution in [-0.4, -0.2) is 39.1 Å². The van der Waals surface area contributed by atoms with E-state index in [-0.39, 0.29) is 17.9 Å². The Balaban J connectivity index is 2.18. The average Bonchev–Trinajstić information content (AvgIpc) is 2.88. The number of alkyl halides is 2. The van der Waals surface area contributed by atoms with Crippen molar-refractivity contribution in [3.8, 4) is 5.75 Å². The number of hydrogen-bond acceptors (Lipinski definition) is 6. The second kappa shape index (κ2) is 6.78. The van der Waals surface area contributed by atoms with Crippen LogP contribution in [0.5, 0.6) is 5.75 Å². The number of tetrazole rings is 1. The Morgan fingerprint density at radius 2 is 2.27 bits per heavy atom. The van der Waals surface area contributed by atoms with E-state index in [0.29, 0.717) is 11.5 Å². The molecule has 0 aliphatic heterocycles. The van der Waals surface area contributed by atoms with Gasteiger partial charge in [0.2, 0.25) is 5.91 Å². The van der Waals surface area contributed by atoms with Crippen LogP contribution in [0.2, 0.25) is 0 Å². The van der Waals surface area contributed by atoms with Crippen molar-refractivity contribution in [3.63, 3.8) is 0 Å². The zero-order chi connectivity index (χ0) is 16.1. The number of nitrogens with zero attached hydrogens (tertiary/aromatic N) is 4. The zero-order valence-electron chi connectivity index (χ0n) is 11.7. The highest BCUT2D eigenvalue weighted by molar-refractivity contribution is 5.94. The molecule has 8 nitrogen and oxygen atoms in total. The van der Waals surface area contributed by atoms with E-state index < -0.39 is 18.9 Å². The van der Waals surface area contributed by atoms with E-state index in [1.165, 1.54) is 22.9 Å². The van der Waals surface area contributed by atoms with Gasteiger partial charge in [0, 0.05) is 12.6 Å². The maximum atomic E-state index is 12.3. The molecule has 22 heavy (non-hydrogen) atoms. The molecule has 1 amide bonds. The second-order valence-corrected chi connectivity index (χ2v) is 4.35. The molecule has 0 saturated carbocycles. The van der Waals surface area contributed by atoms with Crippen LogP contribution in [0.4, 0.5) is 14.5 Å². The Morgan fingerprint density at radius 3 is 2.86 bits per heavy atom. The number of aromatic nitrogens is 4. The fraction of sp³-hybridized carbons (Fsp3) is 0.333. The number of hydrogen-bond donors (Lipinski definition) is 2. The molecular formula is C12H14F2N6O2. The molecule has 0 fully saturated rings. The molecule has 0 spiro atoms. The largest absolute Gasteiger partial charge is 0.485 e. The quantitative estimate of drug-likeness (QED) is 0.773. The predicted octanol–water partition coefficient (Wildman–Crippen LogP) is 0.565. The normalized spacial score (nSPS) is 10.7. The molecule has 3 N–H and O–H groups in total. The van der Waals surface area contributed by atoms with E-state index in [1.807, 2.05) is 0 Å². The molecule has 0 aliphatic rings. The second-order valence-electron chi connectivity index (χ2n) is 4.35. The topological polar surface area (TPSA) is 108 Å². The van der Waals surface area contributed by atoms with Gasteiger partial charge in [-0.2, -0.15) is 0 Å². The smallest absolute Gasteiger partial charge is 0.272 e. The zero-order valence-corrected chi connectivity index (χ0v) is 11.7. The van der Waals surface area contributed by atoms with Crippen molar-refractivity contribution < 1.29 is 18.3 Å². The van der Waals surface area contributed by atoms with Crippen LogP contribution in [0.1, 0.15) is 16.2 Å². The number of halogens is 2. The SMILES string of the molecule is Cn1nnnc1CNc1cc(C(N)=O)ccc1OCC(F)F. The third kappa shape index (κ3) is 3.87. The van der Waals surface area contributed by atoms with Crippen LogP contribution in [-0.2, 0) is 13.6 Å². The number of primary amides is 1. The van der Waals surface area contributed by atoms with Gasteiger partial charge in [-0.15, -0.1) is 5.10 Å². The first kappa shape index (κ1) is 15.6. The van der Waals surface area contributed by atoms with Gasteiger partial charge in [-0.1, -0.05) is 0 Å². The van der Waals surface area contributed by atoms with Crippen LogP contribution < -0.4 is 15.8 Å². The first-order valence-electron chi connectivity index (χ1n) is 6.27. The van der Waals surface area contributed by atoms with Crippen LogP contribution >= 0.6 is 0 Å². The fourth-order valence-corrected chi connectivity index (χ4v) is 1.67. The summed E-state index contributed by atoms with van der Waals surface area (Å²) in [5, 5.41) is 13.9. The highest BCUT2D eigenvalue weighted by Gasteiger charge is 2.12. The number of carbonyl (C=O) groups is 1. The van der Waals surface area contributed by atoms with Crippen molar-refractivity contribution in [2.45, 2.75) is 13.0 Å². The fourth-order valence-electron chi connectivity index (χ4n) is 1.67. The summed E-state index contributed by atoms with van der Waals surface area (Å²) in [5.41, 5.74) is 5.78. The standard InChI is InChI=1S/C12H14F2N6O2/c1-20-11(17-18-19-20)5-16-8-4-7(12(15)21)2-3-9(8)22-6-10(13)14/h2-4,10,16H,5-6H2,1H3,(H2,15,21). The number of anilines is 1. The maximum Gasteiger partial charge on any atom is 0.272 e. The van der Waals surface area contributed by atoms with Gasteiger partial charge in [-0.25, -0.2) is 13.5 Å². The van der Waals surface area contributed by atoms with Crippen molar-refractivity contribution in [1.29, 1.82) is 0 Å². The van der Waals surface area contributed by atoms with Crippen LogP contribution in [0, 0.1) is 0 Å². The molecule has 1 heterocycles. The summed E-state index contributed by atoms with van der Waals surface area (Å²) < 4.78 is 31.0.